The third kappa shape index (κ3) is 4.99. The van der Waals surface area contributed by atoms with Gasteiger partial charge in [0.15, 0.2) is 18.4 Å². The van der Waals surface area contributed by atoms with Crippen molar-refractivity contribution in [1.29, 1.82) is 0 Å². The number of methoxy groups -OCH3 is 1. The lowest BCUT2D eigenvalue weighted by Crippen LogP contribution is -2.62. The molecule has 3 aliphatic heterocycles. The van der Waals surface area contributed by atoms with Crippen molar-refractivity contribution in [3.8, 4) is 0 Å². The number of ketones is 2. The maximum atomic E-state index is 14.3. The second kappa shape index (κ2) is 12.2. The van der Waals surface area contributed by atoms with E-state index in [2.05, 4.69) is 19.9 Å². The number of ether oxygens (including phenoxy) is 6. The summed E-state index contributed by atoms with van der Waals surface area (Å²) in [6.07, 6.45) is -4.27. The van der Waals surface area contributed by atoms with E-state index in [0.717, 1.165) is 5.57 Å². The molecule has 6 fully saturated rings. The van der Waals surface area contributed by atoms with Gasteiger partial charge in [-0.1, -0.05) is 26.8 Å². The fourth-order valence-electron chi connectivity index (χ4n) is 11.0. The van der Waals surface area contributed by atoms with Crippen LogP contribution in [0.2, 0.25) is 0 Å². The largest absolute Gasteiger partial charge is 0.394 e. The van der Waals surface area contributed by atoms with Crippen LogP contribution in [0.4, 0.5) is 0 Å². The summed E-state index contributed by atoms with van der Waals surface area (Å²) in [6.45, 7) is 9.21. The number of aliphatic hydroxyl groups is 4. The second-order valence-electron chi connectivity index (χ2n) is 15.8. The van der Waals surface area contributed by atoms with E-state index in [1.165, 1.54) is 0 Å². The Morgan fingerprint density at radius 2 is 1.70 bits per heavy atom. The standard InChI is InChI=1S/C35H52O12/c1-14-27(38)23(13-36)46-33(28(14)39)47-31-16(3)43-24(12-22(31)42-6)45-21-9-10-34(4)18(29(21)40)8-7-17-25-20(37)11-19-15(2)44-32(35(19,25)5)30(41)26(17)34/h8,14-17,19,21-29,31-33,36,38-40H,7,9-13H2,1-6H3/t14-,15-,16+,17-,19-,21-,22+,23+,24-,25+,26+,27-,28+,29+,31-,32-,33-,34-,35+/m0/s1. The Morgan fingerprint density at radius 1 is 0.957 bits per heavy atom. The SMILES string of the molecule is CO[C@@H]1C[C@H](O[C@H]2CC[C@@]3(C)C(=CC[C@H]4[C@@H]5C(=O)C[C@H]6[C@H](C)O[C@@H](C(=O)[C@@H]43)[C@]65C)[C@H]2O)O[C@H](C)[C@@H]1O[C@@H]1O[C@H](CO)[C@@H](O)[C@H](C)[C@H]1O. The molecule has 0 radical (unpaired) electrons. The lowest BCUT2D eigenvalue weighted by molar-refractivity contribution is -0.340. The highest BCUT2D eigenvalue weighted by Crippen LogP contribution is 2.67. The fourth-order valence-corrected chi connectivity index (χ4v) is 11.0. The highest BCUT2D eigenvalue weighted by Gasteiger charge is 2.73. The average Bonchev–Trinajstić information content (AvgIpc) is 3.46. The van der Waals surface area contributed by atoms with E-state index < -0.39 is 96.8 Å². The molecule has 4 aliphatic carbocycles. The highest BCUT2D eigenvalue weighted by atomic mass is 16.7. The third-order valence-corrected chi connectivity index (χ3v) is 13.5. The molecule has 12 heteroatoms. The zero-order valence-electron chi connectivity index (χ0n) is 28.2. The predicted octanol–water partition coefficient (Wildman–Crippen LogP) is 1.29. The molecule has 0 unspecified atom stereocenters. The number of fused-ring (bicyclic) bond motifs is 4. The first-order valence-corrected chi connectivity index (χ1v) is 17.5. The number of Topliss-reactive ketones (excluding diaryl/α,β-unsaturated/α-hetero) is 2. The molecule has 0 spiro atoms. The Bertz CT molecular complexity index is 1270. The highest BCUT2D eigenvalue weighted by molar-refractivity contribution is 5.96. The summed E-state index contributed by atoms with van der Waals surface area (Å²) < 4.78 is 36.6. The molecule has 3 saturated carbocycles. The van der Waals surface area contributed by atoms with Crippen molar-refractivity contribution in [2.45, 2.75) is 140 Å². The summed E-state index contributed by atoms with van der Waals surface area (Å²) in [4.78, 5) is 27.7. The Hall–Kier alpha value is -1.32. The van der Waals surface area contributed by atoms with Gasteiger partial charge < -0.3 is 48.8 Å². The molecule has 4 N–H and O–H groups in total. The van der Waals surface area contributed by atoms with Crippen LogP contribution in [0.1, 0.15) is 66.7 Å². The van der Waals surface area contributed by atoms with E-state index in [0.29, 0.717) is 32.1 Å². The van der Waals surface area contributed by atoms with Crippen LogP contribution in [0.3, 0.4) is 0 Å². The van der Waals surface area contributed by atoms with E-state index in [1.54, 1.807) is 14.0 Å². The lowest BCUT2D eigenvalue weighted by Gasteiger charge is -2.57. The molecule has 264 valence electrons. The van der Waals surface area contributed by atoms with Gasteiger partial charge >= 0.3 is 0 Å². The molecule has 47 heavy (non-hydrogen) atoms. The van der Waals surface area contributed by atoms with E-state index >= 15 is 0 Å². The molecule has 0 bridgehead atoms. The predicted molar refractivity (Wildman–Crippen MR) is 164 cm³/mol. The van der Waals surface area contributed by atoms with Crippen LogP contribution < -0.4 is 0 Å². The Balaban J connectivity index is 1.04. The first-order valence-electron chi connectivity index (χ1n) is 17.5. The van der Waals surface area contributed by atoms with Gasteiger partial charge in [-0.05, 0) is 44.6 Å². The van der Waals surface area contributed by atoms with Crippen molar-refractivity contribution >= 4 is 11.6 Å². The first kappa shape index (κ1) is 34.1. The summed E-state index contributed by atoms with van der Waals surface area (Å²) >= 11 is 0. The van der Waals surface area contributed by atoms with Gasteiger partial charge in [-0.25, -0.2) is 0 Å². The molecule has 7 aliphatic rings. The van der Waals surface area contributed by atoms with Crippen LogP contribution in [0.25, 0.3) is 0 Å². The van der Waals surface area contributed by atoms with Crippen LogP contribution in [0.15, 0.2) is 11.6 Å². The smallest absolute Gasteiger partial charge is 0.184 e. The summed E-state index contributed by atoms with van der Waals surface area (Å²) in [6, 6.07) is 0. The van der Waals surface area contributed by atoms with Crippen molar-refractivity contribution in [2.75, 3.05) is 13.7 Å². The van der Waals surface area contributed by atoms with Crippen molar-refractivity contribution in [2.24, 2.45) is 40.4 Å². The van der Waals surface area contributed by atoms with Gasteiger partial charge in [0.05, 0.1) is 37.1 Å². The Kier molecular flexibility index (Phi) is 8.84. The monoisotopic (exact) mass is 664 g/mol. The van der Waals surface area contributed by atoms with E-state index in [1.807, 2.05) is 13.8 Å². The van der Waals surface area contributed by atoms with Gasteiger partial charge in [0, 0.05) is 54.5 Å². The molecule has 0 amide bonds. The first-order chi connectivity index (χ1) is 22.3. The Morgan fingerprint density at radius 3 is 2.40 bits per heavy atom. The number of hydrogen-bond acceptors (Lipinski definition) is 12. The van der Waals surface area contributed by atoms with Gasteiger partial charge in [-0.3, -0.25) is 9.59 Å². The minimum atomic E-state index is -1.12. The van der Waals surface area contributed by atoms with Crippen molar-refractivity contribution < 1.29 is 58.4 Å². The lowest BCUT2D eigenvalue weighted by atomic mass is 9.46. The van der Waals surface area contributed by atoms with Crippen molar-refractivity contribution in [3.63, 3.8) is 0 Å². The molecular formula is C35H52O12. The summed E-state index contributed by atoms with van der Waals surface area (Å²) in [5.41, 5.74) is -0.280. The number of carbonyl (C=O) groups excluding carboxylic acids is 2. The molecule has 12 nitrogen and oxygen atoms in total. The van der Waals surface area contributed by atoms with Crippen molar-refractivity contribution in [1.82, 2.24) is 0 Å². The molecule has 19 atom stereocenters. The zero-order valence-corrected chi connectivity index (χ0v) is 28.2. The Labute approximate surface area is 276 Å². The number of aliphatic hydroxyl groups excluding tert-OH is 4. The van der Waals surface area contributed by atoms with Crippen LogP contribution in [0.5, 0.6) is 0 Å². The molecule has 3 heterocycles. The van der Waals surface area contributed by atoms with E-state index in [4.69, 9.17) is 28.4 Å². The number of rotatable bonds is 6. The molecule has 3 saturated heterocycles. The summed E-state index contributed by atoms with van der Waals surface area (Å²) in [5.74, 6) is -0.894. The van der Waals surface area contributed by atoms with Gasteiger partial charge in [0.25, 0.3) is 0 Å². The number of hydrogen-bond donors (Lipinski definition) is 4. The van der Waals surface area contributed by atoms with Crippen LogP contribution in [0, 0.1) is 40.4 Å². The quantitative estimate of drug-likeness (QED) is 0.301. The topological polar surface area (TPSA) is 170 Å². The molecule has 0 aromatic heterocycles. The molecule has 7 rings (SSSR count). The molecule has 0 aromatic rings. The molecular weight excluding hydrogens is 612 g/mol. The number of carbonyl (C=O) groups is 2. The van der Waals surface area contributed by atoms with Crippen LogP contribution in [-0.2, 0) is 38.0 Å². The van der Waals surface area contributed by atoms with E-state index in [-0.39, 0.29) is 35.4 Å². The van der Waals surface area contributed by atoms with Crippen LogP contribution >= 0.6 is 0 Å². The normalized spacial score (nSPS) is 55.7. The summed E-state index contributed by atoms with van der Waals surface area (Å²) in [5, 5.41) is 42.5. The maximum absolute atomic E-state index is 14.3. The van der Waals surface area contributed by atoms with E-state index in [9.17, 15) is 30.0 Å². The van der Waals surface area contributed by atoms with Gasteiger partial charge in [-0.2, -0.15) is 0 Å². The second-order valence-corrected chi connectivity index (χ2v) is 15.8. The maximum Gasteiger partial charge on any atom is 0.184 e. The average molecular weight is 665 g/mol. The minimum absolute atomic E-state index is 0.0655. The minimum Gasteiger partial charge on any atom is -0.394 e. The number of allylic oxidation sites excluding steroid dienone is 1. The summed E-state index contributed by atoms with van der Waals surface area (Å²) in [7, 11) is 1.56. The zero-order chi connectivity index (χ0) is 33.7. The fraction of sp³-hybridized carbons (Fsp3) is 0.886. The van der Waals surface area contributed by atoms with Gasteiger partial charge in [0.1, 0.15) is 36.3 Å². The van der Waals surface area contributed by atoms with Crippen molar-refractivity contribution in [3.05, 3.63) is 11.6 Å². The van der Waals surface area contributed by atoms with Gasteiger partial charge in [0.2, 0.25) is 0 Å². The molecule has 0 aromatic carbocycles. The van der Waals surface area contributed by atoms with Crippen LogP contribution in [-0.4, -0.2) is 119 Å². The van der Waals surface area contributed by atoms with Gasteiger partial charge in [-0.15, -0.1) is 0 Å². The third-order valence-electron chi connectivity index (χ3n) is 13.5.